The summed E-state index contributed by atoms with van der Waals surface area (Å²) in [5.74, 6) is 0.753. The summed E-state index contributed by atoms with van der Waals surface area (Å²) in [7, 11) is 0. The number of hydrogen-bond acceptors (Lipinski definition) is 2. The van der Waals surface area contributed by atoms with Crippen LogP contribution in [0.2, 0.25) is 0 Å². The molecule has 2 N–H and O–H groups in total. The van der Waals surface area contributed by atoms with Gasteiger partial charge in [0, 0.05) is 6.42 Å². The molecular weight excluding hydrogens is 162 g/mol. The normalized spacial score (nSPS) is 9.62. The summed E-state index contributed by atoms with van der Waals surface area (Å²) in [5.41, 5.74) is 7.49. The first-order chi connectivity index (χ1) is 6.20. The maximum atomic E-state index is 5.69. The second-order valence-corrected chi connectivity index (χ2v) is 3.09. The molecule has 13 heavy (non-hydrogen) atoms. The van der Waals surface area contributed by atoms with Gasteiger partial charge in [-0.1, -0.05) is 17.7 Å². The van der Waals surface area contributed by atoms with Crippen LogP contribution >= 0.6 is 0 Å². The molecule has 0 bridgehead atoms. The summed E-state index contributed by atoms with van der Waals surface area (Å²) < 4.78 is 5.46. The molecule has 0 aliphatic heterocycles. The predicted octanol–water partition coefficient (Wildman–Crippen LogP) is 2.61. The molecule has 0 saturated heterocycles. The molecule has 0 spiro atoms. The summed E-state index contributed by atoms with van der Waals surface area (Å²) in [4.78, 5) is 0. The zero-order valence-electron chi connectivity index (χ0n) is 7.92. The van der Waals surface area contributed by atoms with Crippen molar-refractivity contribution < 1.29 is 4.74 Å². The monoisotopic (exact) mass is 177 g/mol. The van der Waals surface area contributed by atoms with Gasteiger partial charge in [-0.25, -0.2) is 0 Å². The third-order valence-corrected chi connectivity index (χ3v) is 1.71. The molecule has 1 rings (SSSR count). The fraction of sp³-hybridized carbons (Fsp3) is 0.273. The topological polar surface area (TPSA) is 35.2 Å². The van der Waals surface area contributed by atoms with E-state index in [2.05, 4.69) is 6.58 Å². The summed E-state index contributed by atoms with van der Waals surface area (Å²) in [6.07, 6.45) is 0.869. The first-order valence-electron chi connectivity index (χ1n) is 4.32. The van der Waals surface area contributed by atoms with Crippen LogP contribution in [0.4, 0.5) is 5.69 Å². The minimum absolute atomic E-state index is 0.642. The highest BCUT2D eigenvalue weighted by Gasteiger charge is 1.97. The van der Waals surface area contributed by atoms with Crippen molar-refractivity contribution in [1.82, 2.24) is 0 Å². The van der Waals surface area contributed by atoms with Crippen molar-refractivity contribution in [3.05, 3.63) is 36.4 Å². The molecule has 0 heterocycles. The van der Waals surface area contributed by atoms with Crippen molar-refractivity contribution >= 4 is 5.69 Å². The maximum absolute atomic E-state index is 5.69. The van der Waals surface area contributed by atoms with Crippen LogP contribution in [0.15, 0.2) is 36.4 Å². The van der Waals surface area contributed by atoms with E-state index in [0.717, 1.165) is 17.7 Å². The average molecular weight is 177 g/mol. The van der Waals surface area contributed by atoms with Crippen LogP contribution in [0.3, 0.4) is 0 Å². The molecule has 0 amide bonds. The average Bonchev–Trinajstić information content (AvgIpc) is 2.08. The molecule has 2 heteroatoms. The molecule has 2 nitrogen and oxygen atoms in total. The van der Waals surface area contributed by atoms with Crippen LogP contribution in [-0.4, -0.2) is 6.61 Å². The lowest BCUT2D eigenvalue weighted by molar-refractivity contribution is 0.323. The number of benzene rings is 1. The minimum Gasteiger partial charge on any atom is -0.491 e. The highest BCUT2D eigenvalue weighted by atomic mass is 16.5. The number of nitrogen functional groups attached to an aromatic ring is 1. The molecule has 1 aromatic rings. The smallest absolute Gasteiger partial charge is 0.142 e. The molecule has 0 radical (unpaired) electrons. The Kier molecular flexibility index (Phi) is 3.38. The first kappa shape index (κ1) is 9.65. The minimum atomic E-state index is 0.642. The van der Waals surface area contributed by atoms with E-state index in [1.165, 1.54) is 0 Å². The van der Waals surface area contributed by atoms with Gasteiger partial charge in [0.05, 0.1) is 12.3 Å². The van der Waals surface area contributed by atoms with Crippen molar-refractivity contribution in [2.75, 3.05) is 12.3 Å². The number of ether oxygens (including phenoxy) is 1. The number of anilines is 1. The van der Waals surface area contributed by atoms with Gasteiger partial charge in [0.1, 0.15) is 5.75 Å². The van der Waals surface area contributed by atoms with Gasteiger partial charge in [0.25, 0.3) is 0 Å². The molecule has 0 aliphatic carbocycles. The van der Waals surface area contributed by atoms with Crippen molar-refractivity contribution in [2.45, 2.75) is 13.3 Å². The molecule has 1 aromatic carbocycles. The highest BCUT2D eigenvalue weighted by molar-refractivity contribution is 5.51. The highest BCUT2D eigenvalue weighted by Crippen LogP contribution is 2.19. The van der Waals surface area contributed by atoms with Gasteiger partial charge in [0.2, 0.25) is 0 Å². The second-order valence-electron chi connectivity index (χ2n) is 3.09. The van der Waals surface area contributed by atoms with Crippen LogP contribution in [-0.2, 0) is 0 Å². The van der Waals surface area contributed by atoms with Crippen molar-refractivity contribution in [2.24, 2.45) is 0 Å². The Hall–Kier alpha value is -1.44. The van der Waals surface area contributed by atoms with E-state index >= 15 is 0 Å². The summed E-state index contributed by atoms with van der Waals surface area (Å²) in [6, 6.07) is 7.50. The summed E-state index contributed by atoms with van der Waals surface area (Å²) in [5, 5.41) is 0. The van der Waals surface area contributed by atoms with E-state index in [4.69, 9.17) is 10.5 Å². The Morgan fingerprint density at radius 3 is 2.77 bits per heavy atom. The third kappa shape index (κ3) is 3.20. The predicted molar refractivity (Wildman–Crippen MR) is 55.8 cm³/mol. The van der Waals surface area contributed by atoms with Crippen LogP contribution in [0.5, 0.6) is 5.75 Å². The van der Waals surface area contributed by atoms with Crippen LogP contribution in [0.1, 0.15) is 13.3 Å². The van der Waals surface area contributed by atoms with Gasteiger partial charge in [-0.3, -0.25) is 0 Å². The van der Waals surface area contributed by atoms with Crippen LogP contribution in [0.25, 0.3) is 0 Å². The van der Waals surface area contributed by atoms with E-state index in [9.17, 15) is 0 Å². The largest absolute Gasteiger partial charge is 0.491 e. The summed E-state index contributed by atoms with van der Waals surface area (Å²) >= 11 is 0. The first-order valence-corrected chi connectivity index (χ1v) is 4.32. The molecular formula is C11H15NO. The SMILES string of the molecule is C=C(C)CCOc1ccccc1N. The Morgan fingerprint density at radius 1 is 1.46 bits per heavy atom. The zero-order valence-corrected chi connectivity index (χ0v) is 7.92. The van der Waals surface area contributed by atoms with Crippen molar-refractivity contribution in [3.8, 4) is 5.75 Å². The second kappa shape index (κ2) is 4.55. The van der Waals surface area contributed by atoms with Crippen molar-refractivity contribution in [1.29, 1.82) is 0 Å². The molecule has 0 aliphatic rings. The Balaban J connectivity index is 2.45. The van der Waals surface area contributed by atoms with Gasteiger partial charge >= 0.3 is 0 Å². The number of rotatable bonds is 4. The van der Waals surface area contributed by atoms with Crippen LogP contribution in [0, 0.1) is 0 Å². The van der Waals surface area contributed by atoms with Gasteiger partial charge < -0.3 is 10.5 Å². The van der Waals surface area contributed by atoms with Gasteiger partial charge in [-0.05, 0) is 19.1 Å². The molecule has 0 saturated carbocycles. The maximum Gasteiger partial charge on any atom is 0.142 e. The van der Waals surface area contributed by atoms with Gasteiger partial charge in [0.15, 0.2) is 0 Å². The zero-order chi connectivity index (χ0) is 9.68. The van der Waals surface area contributed by atoms with Crippen molar-refractivity contribution in [3.63, 3.8) is 0 Å². The number of para-hydroxylation sites is 2. The lowest BCUT2D eigenvalue weighted by Gasteiger charge is -2.07. The molecule has 0 atom stereocenters. The van der Waals surface area contributed by atoms with E-state index < -0.39 is 0 Å². The van der Waals surface area contributed by atoms with E-state index in [-0.39, 0.29) is 0 Å². The quantitative estimate of drug-likeness (QED) is 0.566. The number of nitrogens with two attached hydrogens (primary N) is 1. The lowest BCUT2D eigenvalue weighted by Crippen LogP contribution is -2.00. The van der Waals surface area contributed by atoms with Crippen LogP contribution < -0.4 is 10.5 Å². The third-order valence-electron chi connectivity index (χ3n) is 1.71. The molecule has 0 fully saturated rings. The van der Waals surface area contributed by atoms with E-state index in [1.54, 1.807) is 0 Å². The summed E-state index contributed by atoms with van der Waals surface area (Å²) in [6.45, 7) is 6.42. The van der Waals surface area contributed by atoms with Gasteiger partial charge in [-0.2, -0.15) is 0 Å². The lowest BCUT2D eigenvalue weighted by atomic mass is 10.2. The Bertz CT molecular complexity index is 294. The molecule has 0 aromatic heterocycles. The fourth-order valence-electron chi connectivity index (χ4n) is 0.947. The molecule has 0 unspecified atom stereocenters. The Labute approximate surface area is 79.0 Å². The standard InChI is InChI=1S/C11H15NO/c1-9(2)7-8-13-11-6-4-3-5-10(11)12/h3-6H,1,7-8,12H2,2H3. The van der Waals surface area contributed by atoms with E-state index in [1.807, 2.05) is 31.2 Å². The van der Waals surface area contributed by atoms with Gasteiger partial charge in [-0.15, -0.1) is 6.58 Å². The number of hydrogen-bond donors (Lipinski definition) is 1. The molecule has 70 valence electrons. The van der Waals surface area contributed by atoms with E-state index in [0.29, 0.717) is 12.3 Å². The fourth-order valence-corrected chi connectivity index (χ4v) is 0.947. The Morgan fingerprint density at radius 2 is 2.15 bits per heavy atom.